The number of hydrogen-bond acceptors (Lipinski definition) is 2. The highest BCUT2D eigenvalue weighted by Gasteiger charge is 2.17. The number of halogens is 1. The van der Waals surface area contributed by atoms with Crippen LogP contribution < -0.4 is 0 Å². The number of alkyl halides is 1. The third kappa shape index (κ3) is 5.88. The molecule has 90 valence electrons. The van der Waals surface area contributed by atoms with Crippen molar-refractivity contribution in [1.82, 2.24) is 4.90 Å². The smallest absolute Gasteiger partial charge is 0.0702 e. The van der Waals surface area contributed by atoms with Crippen molar-refractivity contribution in [1.29, 1.82) is 0 Å². The minimum atomic E-state index is 0.515. The fraction of sp³-hybridized carbons (Fsp3) is 1.00. The van der Waals surface area contributed by atoms with Crippen LogP contribution in [-0.2, 0) is 4.74 Å². The predicted octanol–water partition coefficient (Wildman–Crippen LogP) is 3.05. The molecule has 0 saturated carbocycles. The van der Waals surface area contributed by atoms with Gasteiger partial charge in [-0.25, -0.2) is 0 Å². The van der Waals surface area contributed by atoms with E-state index in [0.717, 1.165) is 25.0 Å². The Kier molecular flexibility index (Phi) is 7.67. The van der Waals surface area contributed by atoms with Crippen LogP contribution in [0.1, 0.15) is 39.0 Å². The molecule has 0 aromatic heterocycles. The summed E-state index contributed by atoms with van der Waals surface area (Å²) in [5.74, 6) is 0. The summed E-state index contributed by atoms with van der Waals surface area (Å²) in [7, 11) is 0. The van der Waals surface area contributed by atoms with Crippen molar-refractivity contribution >= 4 is 15.9 Å². The lowest BCUT2D eigenvalue weighted by atomic mass is 10.2. The van der Waals surface area contributed by atoms with Crippen molar-refractivity contribution in [3.63, 3.8) is 0 Å². The van der Waals surface area contributed by atoms with Gasteiger partial charge in [-0.2, -0.15) is 0 Å². The Morgan fingerprint density at radius 1 is 1.33 bits per heavy atom. The Labute approximate surface area is 102 Å². The zero-order valence-electron chi connectivity index (χ0n) is 9.88. The molecule has 0 aromatic carbocycles. The summed E-state index contributed by atoms with van der Waals surface area (Å²) >= 11 is 3.47. The number of likely N-dealkylation sites (N-methyl/N-ethyl adjacent to an activating group) is 1. The van der Waals surface area contributed by atoms with Gasteiger partial charge >= 0.3 is 0 Å². The van der Waals surface area contributed by atoms with Crippen molar-refractivity contribution in [3.05, 3.63) is 0 Å². The van der Waals surface area contributed by atoms with Gasteiger partial charge in [-0.15, -0.1) is 0 Å². The van der Waals surface area contributed by atoms with E-state index in [9.17, 15) is 0 Å². The molecule has 15 heavy (non-hydrogen) atoms. The van der Waals surface area contributed by atoms with E-state index >= 15 is 0 Å². The lowest BCUT2D eigenvalue weighted by Gasteiger charge is -2.23. The molecule has 0 aromatic rings. The zero-order valence-corrected chi connectivity index (χ0v) is 11.5. The Hall–Kier alpha value is 0.400. The topological polar surface area (TPSA) is 12.5 Å². The number of hydrogen-bond donors (Lipinski definition) is 0. The summed E-state index contributed by atoms with van der Waals surface area (Å²) in [6, 6.07) is 0. The third-order valence-electron chi connectivity index (χ3n) is 3.04. The molecule has 0 aliphatic carbocycles. The Morgan fingerprint density at radius 3 is 2.80 bits per heavy atom. The first-order chi connectivity index (χ1) is 7.36. The van der Waals surface area contributed by atoms with Gasteiger partial charge in [-0.3, -0.25) is 0 Å². The molecule has 1 aliphatic heterocycles. The highest BCUT2D eigenvalue weighted by Crippen LogP contribution is 2.13. The van der Waals surface area contributed by atoms with Gasteiger partial charge in [0.1, 0.15) is 0 Å². The van der Waals surface area contributed by atoms with Crippen LogP contribution in [0.2, 0.25) is 0 Å². The molecule has 0 bridgehead atoms. The van der Waals surface area contributed by atoms with Crippen LogP contribution >= 0.6 is 15.9 Å². The van der Waals surface area contributed by atoms with E-state index in [1.807, 2.05) is 0 Å². The second kappa shape index (κ2) is 8.54. The first kappa shape index (κ1) is 13.5. The van der Waals surface area contributed by atoms with Gasteiger partial charge in [-0.1, -0.05) is 29.3 Å². The average molecular weight is 278 g/mol. The normalized spacial score (nSPS) is 21.4. The van der Waals surface area contributed by atoms with Gasteiger partial charge in [-0.05, 0) is 38.8 Å². The molecule has 1 aliphatic rings. The predicted molar refractivity (Wildman–Crippen MR) is 68.7 cm³/mol. The number of rotatable bonds is 8. The minimum absolute atomic E-state index is 0.515. The molecule has 0 radical (unpaired) electrons. The molecule has 1 saturated heterocycles. The molecule has 0 N–H and O–H groups in total. The quantitative estimate of drug-likeness (QED) is 0.500. The van der Waals surface area contributed by atoms with E-state index in [0.29, 0.717) is 6.10 Å². The monoisotopic (exact) mass is 277 g/mol. The second-order valence-electron chi connectivity index (χ2n) is 4.28. The van der Waals surface area contributed by atoms with Crippen LogP contribution in [0.5, 0.6) is 0 Å². The maximum Gasteiger partial charge on any atom is 0.0702 e. The summed E-state index contributed by atoms with van der Waals surface area (Å²) < 4.78 is 5.66. The minimum Gasteiger partial charge on any atom is -0.377 e. The molecule has 1 heterocycles. The number of ether oxygens (including phenoxy) is 1. The highest BCUT2D eigenvalue weighted by atomic mass is 79.9. The van der Waals surface area contributed by atoms with Gasteiger partial charge in [0.25, 0.3) is 0 Å². The van der Waals surface area contributed by atoms with E-state index in [-0.39, 0.29) is 0 Å². The van der Waals surface area contributed by atoms with Crippen LogP contribution in [-0.4, -0.2) is 42.6 Å². The van der Waals surface area contributed by atoms with Gasteiger partial charge < -0.3 is 9.64 Å². The molecule has 0 spiro atoms. The van der Waals surface area contributed by atoms with Crippen LogP contribution in [0.4, 0.5) is 0 Å². The Balaban J connectivity index is 2.06. The first-order valence-corrected chi connectivity index (χ1v) is 7.39. The van der Waals surface area contributed by atoms with Gasteiger partial charge in [0.15, 0.2) is 0 Å². The molecule has 1 atom stereocenters. The van der Waals surface area contributed by atoms with E-state index in [1.165, 1.54) is 38.6 Å². The average Bonchev–Trinajstić information content (AvgIpc) is 2.75. The molecule has 1 rings (SSSR count). The molecular weight excluding hydrogens is 254 g/mol. The van der Waals surface area contributed by atoms with Crippen molar-refractivity contribution in [2.24, 2.45) is 0 Å². The van der Waals surface area contributed by atoms with Crippen LogP contribution in [0, 0.1) is 0 Å². The van der Waals surface area contributed by atoms with E-state index < -0.39 is 0 Å². The molecule has 1 unspecified atom stereocenters. The maximum absolute atomic E-state index is 5.66. The standard InChI is InChI=1S/C12H24BrNO/c1-2-14(9-5-3-4-8-13)11-12-7-6-10-15-12/h12H,2-11H2,1H3. The van der Waals surface area contributed by atoms with Crippen LogP contribution in [0.3, 0.4) is 0 Å². The SMILES string of the molecule is CCN(CCCCCBr)CC1CCCO1. The molecular formula is C12H24BrNO. The lowest BCUT2D eigenvalue weighted by molar-refractivity contribution is 0.0743. The number of nitrogens with zero attached hydrogens (tertiary/aromatic N) is 1. The number of unbranched alkanes of at least 4 members (excludes halogenated alkanes) is 2. The van der Waals surface area contributed by atoms with E-state index in [4.69, 9.17) is 4.74 Å². The fourth-order valence-corrected chi connectivity index (χ4v) is 2.46. The van der Waals surface area contributed by atoms with E-state index in [1.54, 1.807) is 0 Å². The Bertz CT molecular complexity index is 149. The summed E-state index contributed by atoms with van der Waals surface area (Å²) in [4.78, 5) is 2.53. The van der Waals surface area contributed by atoms with Crippen molar-refractivity contribution in [2.45, 2.75) is 45.1 Å². The highest BCUT2D eigenvalue weighted by molar-refractivity contribution is 9.09. The second-order valence-corrected chi connectivity index (χ2v) is 5.07. The first-order valence-electron chi connectivity index (χ1n) is 6.26. The summed E-state index contributed by atoms with van der Waals surface area (Å²) in [6.07, 6.45) is 7.00. The fourth-order valence-electron chi connectivity index (χ4n) is 2.06. The van der Waals surface area contributed by atoms with Crippen molar-refractivity contribution in [2.75, 3.05) is 31.6 Å². The third-order valence-corrected chi connectivity index (χ3v) is 3.60. The van der Waals surface area contributed by atoms with Gasteiger partial charge in [0.2, 0.25) is 0 Å². The zero-order chi connectivity index (χ0) is 10.9. The van der Waals surface area contributed by atoms with Crippen LogP contribution in [0.25, 0.3) is 0 Å². The molecule has 3 heteroatoms. The molecule has 2 nitrogen and oxygen atoms in total. The molecule has 0 amide bonds. The van der Waals surface area contributed by atoms with Gasteiger partial charge in [0.05, 0.1) is 6.10 Å². The van der Waals surface area contributed by atoms with Gasteiger partial charge in [0, 0.05) is 18.5 Å². The summed E-state index contributed by atoms with van der Waals surface area (Å²) in [6.45, 7) is 6.77. The maximum atomic E-state index is 5.66. The summed E-state index contributed by atoms with van der Waals surface area (Å²) in [5, 5.41) is 1.14. The summed E-state index contributed by atoms with van der Waals surface area (Å²) in [5.41, 5.74) is 0. The van der Waals surface area contributed by atoms with Crippen molar-refractivity contribution in [3.8, 4) is 0 Å². The van der Waals surface area contributed by atoms with E-state index in [2.05, 4.69) is 27.8 Å². The Morgan fingerprint density at radius 2 is 2.20 bits per heavy atom. The largest absolute Gasteiger partial charge is 0.377 e. The van der Waals surface area contributed by atoms with Crippen LogP contribution in [0.15, 0.2) is 0 Å². The lowest BCUT2D eigenvalue weighted by Crippen LogP contribution is -2.32. The van der Waals surface area contributed by atoms with Crippen molar-refractivity contribution < 1.29 is 4.74 Å². The molecule has 1 fully saturated rings.